The Balaban J connectivity index is 1.83. The Morgan fingerprint density at radius 2 is 1.96 bits per heavy atom. The molecule has 132 valence electrons. The second-order valence-corrected chi connectivity index (χ2v) is 7.17. The summed E-state index contributed by atoms with van der Waals surface area (Å²) in [7, 11) is 0. The minimum absolute atomic E-state index is 0.101. The predicted octanol–water partition coefficient (Wildman–Crippen LogP) is 4.30. The van der Waals surface area contributed by atoms with E-state index in [0.29, 0.717) is 17.6 Å². The molecule has 0 N–H and O–H groups in total. The monoisotopic (exact) mass is 364 g/mol. The molecule has 3 aromatic rings. The molecule has 0 saturated carbocycles. The zero-order valence-electron chi connectivity index (χ0n) is 14.7. The standard InChI is InChI=1S/C20H20N4OS/c1-15(2)14-24(18(25)11-10-16-7-4-3-5-8-16)20-23-22-19(26-20)17-9-6-12-21-13-17/h3-13,15H,14H2,1-2H3/b11-10+. The van der Waals surface area contributed by atoms with Crippen molar-refractivity contribution in [2.24, 2.45) is 5.92 Å². The topological polar surface area (TPSA) is 59.0 Å². The highest BCUT2D eigenvalue weighted by Crippen LogP contribution is 2.28. The van der Waals surface area contributed by atoms with Gasteiger partial charge in [-0.25, -0.2) is 0 Å². The fraction of sp³-hybridized carbons (Fsp3) is 0.200. The zero-order chi connectivity index (χ0) is 18.4. The van der Waals surface area contributed by atoms with Crippen LogP contribution in [0.1, 0.15) is 19.4 Å². The number of pyridine rings is 1. The summed E-state index contributed by atoms with van der Waals surface area (Å²) in [6.07, 6.45) is 6.87. The Hall–Kier alpha value is -2.86. The third-order valence-corrected chi connectivity index (χ3v) is 4.58. The fourth-order valence-electron chi connectivity index (χ4n) is 2.38. The quantitative estimate of drug-likeness (QED) is 0.612. The van der Waals surface area contributed by atoms with Crippen LogP contribution in [-0.2, 0) is 4.79 Å². The maximum absolute atomic E-state index is 12.8. The van der Waals surface area contributed by atoms with E-state index in [1.807, 2.05) is 48.5 Å². The van der Waals surface area contributed by atoms with E-state index in [2.05, 4.69) is 29.0 Å². The average molecular weight is 364 g/mol. The van der Waals surface area contributed by atoms with Crippen LogP contribution < -0.4 is 4.90 Å². The van der Waals surface area contributed by atoms with Gasteiger partial charge in [-0.05, 0) is 29.7 Å². The third kappa shape index (κ3) is 4.61. The molecule has 0 spiro atoms. The number of nitrogens with zero attached hydrogens (tertiary/aromatic N) is 4. The highest BCUT2D eigenvalue weighted by atomic mass is 32.1. The van der Waals surface area contributed by atoms with Gasteiger partial charge in [0.1, 0.15) is 0 Å². The lowest BCUT2D eigenvalue weighted by atomic mass is 10.2. The van der Waals surface area contributed by atoms with Gasteiger partial charge in [0.05, 0.1) is 0 Å². The van der Waals surface area contributed by atoms with E-state index < -0.39 is 0 Å². The summed E-state index contributed by atoms with van der Waals surface area (Å²) in [6, 6.07) is 13.6. The van der Waals surface area contributed by atoms with Gasteiger partial charge in [-0.1, -0.05) is 55.5 Å². The van der Waals surface area contributed by atoms with Crippen LogP contribution in [0.25, 0.3) is 16.6 Å². The van der Waals surface area contributed by atoms with Crippen LogP contribution in [0.5, 0.6) is 0 Å². The SMILES string of the molecule is CC(C)CN(C(=O)/C=C/c1ccccc1)c1nnc(-c2cccnc2)s1. The fourth-order valence-corrected chi connectivity index (χ4v) is 3.23. The maximum Gasteiger partial charge on any atom is 0.252 e. The number of hydrogen-bond acceptors (Lipinski definition) is 5. The van der Waals surface area contributed by atoms with E-state index in [1.54, 1.807) is 23.4 Å². The Morgan fingerprint density at radius 3 is 2.65 bits per heavy atom. The number of aromatic nitrogens is 3. The van der Waals surface area contributed by atoms with Crippen molar-refractivity contribution in [2.45, 2.75) is 13.8 Å². The van der Waals surface area contributed by atoms with Crippen molar-refractivity contribution in [2.75, 3.05) is 11.4 Å². The summed E-state index contributed by atoms with van der Waals surface area (Å²) < 4.78 is 0. The molecule has 26 heavy (non-hydrogen) atoms. The van der Waals surface area contributed by atoms with Crippen LogP contribution in [0.2, 0.25) is 0 Å². The van der Waals surface area contributed by atoms with Gasteiger partial charge >= 0.3 is 0 Å². The molecule has 3 rings (SSSR count). The molecule has 0 aliphatic heterocycles. The maximum atomic E-state index is 12.8. The number of benzene rings is 1. The smallest absolute Gasteiger partial charge is 0.252 e. The van der Waals surface area contributed by atoms with Crippen molar-refractivity contribution in [1.29, 1.82) is 0 Å². The first kappa shape index (κ1) is 17.9. The molecule has 1 aromatic carbocycles. The molecule has 2 heterocycles. The molecule has 0 unspecified atom stereocenters. The van der Waals surface area contributed by atoms with Crippen LogP contribution in [0.4, 0.5) is 5.13 Å². The average Bonchev–Trinajstić information content (AvgIpc) is 3.15. The second-order valence-electron chi connectivity index (χ2n) is 6.22. The van der Waals surface area contributed by atoms with Gasteiger partial charge in [-0.15, -0.1) is 10.2 Å². The van der Waals surface area contributed by atoms with Gasteiger partial charge in [0, 0.05) is 30.6 Å². The van der Waals surface area contributed by atoms with Crippen molar-refractivity contribution < 1.29 is 4.79 Å². The normalized spacial score (nSPS) is 11.2. The van der Waals surface area contributed by atoms with E-state index >= 15 is 0 Å². The van der Waals surface area contributed by atoms with Gasteiger partial charge in [0.2, 0.25) is 5.13 Å². The largest absolute Gasteiger partial charge is 0.283 e. The first-order chi connectivity index (χ1) is 12.6. The van der Waals surface area contributed by atoms with Gasteiger partial charge < -0.3 is 0 Å². The Morgan fingerprint density at radius 1 is 1.15 bits per heavy atom. The van der Waals surface area contributed by atoms with Crippen molar-refractivity contribution in [1.82, 2.24) is 15.2 Å². The molecule has 0 saturated heterocycles. The molecule has 0 radical (unpaired) electrons. The number of carbonyl (C=O) groups is 1. The summed E-state index contributed by atoms with van der Waals surface area (Å²) in [5.41, 5.74) is 1.88. The minimum atomic E-state index is -0.101. The predicted molar refractivity (Wildman–Crippen MR) is 106 cm³/mol. The highest BCUT2D eigenvalue weighted by Gasteiger charge is 2.20. The number of carbonyl (C=O) groups excluding carboxylic acids is 1. The second kappa shape index (κ2) is 8.49. The van der Waals surface area contributed by atoms with Crippen LogP contribution in [0, 0.1) is 5.92 Å². The molecule has 0 bridgehead atoms. The zero-order valence-corrected chi connectivity index (χ0v) is 15.6. The van der Waals surface area contributed by atoms with Crippen LogP contribution in [0.3, 0.4) is 0 Å². The molecule has 0 aliphatic rings. The van der Waals surface area contributed by atoms with Crippen LogP contribution in [0.15, 0.2) is 60.9 Å². The molecular formula is C20H20N4OS. The van der Waals surface area contributed by atoms with Gasteiger partial charge in [0.15, 0.2) is 5.01 Å². The van der Waals surface area contributed by atoms with Crippen molar-refractivity contribution in [3.05, 3.63) is 66.5 Å². The van der Waals surface area contributed by atoms with Crippen LogP contribution >= 0.6 is 11.3 Å². The number of amides is 1. The van der Waals surface area contributed by atoms with Crippen LogP contribution in [-0.4, -0.2) is 27.6 Å². The molecule has 6 heteroatoms. The van der Waals surface area contributed by atoms with E-state index in [9.17, 15) is 4.79 Å². The Labute approximate surface area is 157 Å². The summed E-state index contributed by atoms with van der Waals surface area (Å²) >= 11 is 1.40. The first-order valence-corrected chi connectivity index (χ1v) is 9.23. The third-order valence-electron chi connectivity index (χ3n) is 3.59. The van der Waals surface area contributed by atoms with E-state index in [4.69, 9.17) is 0 Å². The lowest BCUT2D eigenvalue weighted by Gasteiger charge is -2.19. The summed E-state index contributed by atoms with van der Waals surface area (Å²) in [5, 5.41) is 9.81. The molecule has 2 aromatic heterocycles. The van der Waals surface area contributed by atoms with Gasteiger partial charge in [0.25, 0.3) is 5.91 Å². The molecular weight excluding hydrogens is 344 g/mol. The Bertz CT molecular complexity index is 875. The van der Waals surface area contributed by atoms with Gasteiger partial charge in [-0.3, -0.25) is 14.7 Å². The van der Waals surface area contributed by atoms with Crippen molar-refractivity contribution in [3.8, 4) is 10.6 Å². The number of anilines is 1. The number of hydrogen-bond donors (Lipinski definition) is 0. The highest BCUT2D eigenvalue weighted by molar-refractivity contribution is 7.18. The lowest BCUT2D eigenvalue weighted by Crippen LogP contribution is -2.32. The molecule has 0 aliphatic carbocycles. The summed E-state index contributed by atoms with van der Waals surface area (Å²) in [4.78, 5) is 18.6. The Kier molecular flexibility index (Phi) is 5.86. The molecule has 5 nitrogen and oxygen atoms in total. The van der Waals surface area contributed by atoms with Gasteiger partial charge in [-0.2, -0.15) is 0 Å². The van der Waals surface area contributed by atoms with E-state index in [1.165, 1.54) is 11.3 Å². The van der Waals surface area contributed by atoms with E-state index in [0.717, 1.165) is 16.1 Å². The lowest BCUT2D eigenvalue weighted by molar-refractivity contribution is -0.114. The summed E-state index contributed by atoms with van der Waals surface area (Å²) in [5.74, 6) is 0.214. The first-order valence-electron chi connectivity index (χ1n) is 8.42. The molecule has 0 atom stereocenters. The van der Waals surface area contributed by atoms with Crippen molar-refractivity contribution in [3.63, 3.8) is 0 Å². The summed E-state index contributed by atoms with van der Waals surface area (Å²) in [6.45, 7) is 4.73. The van der Waals surface area contributed by atoms with E-state index in [-0.39, 0.29) is 5.91 Å². The number of rotatable bonds is 6. The minimum Gasteiger partial charge on any atom is -0.283 e. The molecule has 0 fully saturated rings. The molecule has 1 amide bonds. The van der Waals surface area contributed by atoms with Crippen molar-refractivity contribution >= 4 is 28.5 Å².